The molecular weight excluding hydrogens is 334 g/mol. The lowest BCUT2D eigenvalue weighted by atomic mass is 9.90. The quantitative estimate of drug-likeness (QED) is 0.616. The first kappa shape index (κ1) is 15.8. The average molecular weight is 351 g/mol. The molecule has 0 saturated heterocycles. The van der Waals surface area contributed by atoms with Crippen molar-refractivity contribution in [3.8, 4) is 0 Å². The van der Waals surface area contributed by atoms with Crippen LogP contribution in [0.5, 0.6) is 0 Å². The number of anilines is 1. The Kier molecular flexibility index (Phi) is 3.97. The van der Waals surface area contributed by atoms with E-state index in [1.54, 1.807) is 18.2 Å². The van der Waals surface area contributed by atoms with Crippen molar-refractivity contribution in [3.63, 3.8) is 0 Å². The lowest BCUT2D eigenvalue weighted by Gasteiger charge is -2.19. The summed E-state index contributed by atoms with van der Waals surface area (Å²) in [7, 11) is 0. The van der Waals surface area contributed by atoms with E-state index in [-0.39, 0.29) is 16.2 Å². The van der Waals surface area contributed by atoms with Crippen molar-refractivity contribution < 1.29 is 4.79 Å². The molecule has 1 aromatic heterocycles. The summed E-state index contributed by atoms with van der Waals surface area (Å²) >= 11 is 5.00. The van der Waals surface area contributed by atoms with Gasteiger partial charge in [-0.05, 0) is 73.3 Å². The van der Waals surface area contributed by atoms with Gasteiger partial charge in [0.25, 0.3) is 11.5 Å². The standard InChI is InChI=1S/C19H17N3O2S/c23-17(20-15-7-3-5-11-4-1-2-6-13(11)15)12-8-9-14-16(10-12)21-19(25)22-18(14)24/h3,5,7-10H,1-2,4,6H2,(H,20,23)(H2,21,22,24,25). The summed E-state index contributed by atoms with van der Waals surface area (Å²) in [5, 5.41) is 3.49. The SMILES string of the molecule is O=C(Nc1cccc2c1CCCC2)c1ccc2c(=O)[nH]c(=S)[nH]c2c1. The fourth-order valence-electron chi connectivity index (χ4n) is 3.40. The number of hydrogen-bond acceptors (Lipinski definition) is 3. The van der Waals surface area contributed by atoms with Crippen LogP contribution >= 0.6 is 12.2 Å². The number of H-pyrrole nitrogens is 2. The van der Waals surface area contributed by atoms with E-state index in [0.717, 1.165) is 24.9 Å². The van der Waals surface area contributed by atoms with E-state index in [4.69, 9.17) is 12.2 Å². The Hall–Kier alpha value is -2.73. The highest BCUT2D eigenvalue weighted by Crippen LogP contribution is 2.28. The second kappa shape index (κ2) is 6.29. The zero-order valence-electron chi connectivity index (χ0n) is 13.5. The zero-order chi connectivity index (χ0) is 17.4. The number of nitrogens with one attached hydrogen (secondary N) is 3. The molecule has 4 rings (SSSR count). The Balaban J connectivity index is 1.69. The molecule has 1 amide bonds. The van der Waals surface area contributed by atoms with E-state index < -0.39 is 0 Å². The molecule has 25 heavy (non-hydrogen) atoms. The Morgan fingerprint density at radius 2 is 1.92 bits per heavy atom. The van der Waals surface area contributed by atoms with Gasteiger partial charge in [0.2, 0.25) is 0 Å². The number of aryl methyl sites for hydroxylation is 1. The van der Waals surface area contributed by atoms with Gasteiger partial charge < -0.3 is 10.3 Å². The van der Waals surface area contributed by atoms with E-state index in [0.29, 0.717) is 16.5 Å². The summed E-state index contributed by atoms with van der Waals surface area (Å²) in [4.78, 5) is 30.0. The summed E-state index contributed by atoms with van der Waals surface area (Å²) < 4.78 is 0.243. The van der Waals surface area contributed by atoms with Gasteiger partial charge in [-0.2, -0.15) is 0 Å². The Morgan fingerprint density at radius 1 is 1.08 bits per heavy atom. The van der Waals surface area contributed by atoms with E-state index in [1.807, 2.05) is 12.1 Å². The van der Waals surface area contributed by atoms with E-state index in [2.05, 4.69) is 21.4 Å². The molecule has 0 spiro atoms. The van der Waals surface area contributed by atoms with Crippen LogP contribution in [0.15, 0.2) is 41.2 Å². The number of carbonyl (C=O) groups is 1. The van der Waals surface area contributed by atoms with Crippen LogP contribution in [0.1, 0.15) is 34.3 Å². The summed E-state index contributed by atoms with van der Waals surface area (Å²) in [6.07, 6.45) is 4.40. The monoisotopic (exact) mass is 351 g/mol. The summed E-state index contributed by atoms with van der Waals surface area (Å²) in [5.41, 5.74) is 4.20. The van der Waals surface area contributed by atoms with Gasteiger partial charge >= 0.3 is 0 Å². The van der Waals surface area contributed by atoms with Crippen LogP contribution in [0.2, 0.25) is 0 Å². The number of benzene rings is 2. The fourth-order valence-corrected chi connectivity index (χ4v) is 3.61. The second-order valence-electron chi connectivity index (χ2n) is 6.27. The smallest absolute Gasteiger partial charge is 0.259 e. The normalized spacial score (nSPS) is 13.4. The third kappa shape index (κ3) is 3.00. The first-order chi connectivity index (χ1) is 12.1. The van der Waals surface area contributed by atoms with Gasteiger partial charge in [-0.15, -0.1) is 0 Å². The minimum Gasteiger partial charge on any atom is -0.332 e. The van der Waals surface area contributed by atoms with Crippen LogP contribution in [0.4, 0.5) is 5.69 Å². The number of carbonyl (C=O) groups excluding carboxylic acids is 1. The summed E-state index contributed by atoms with van der Waals surface area (Å²) in [6.45, 7) is 0. The predicted molar refractivity (Wildman–Crippen MR) is 101 cm³/mol. The van der Waals surface area contributed by atoms with Crippen molar-refractivity contribution in [1.29, 1.82) is 0 Å². The van der Waals surface area contributed by atoms with Crippen molar-refractivity contribution in [2.75, 3.05) is 5.32 Å². The largest absolute Gasteiger partial charge is 0.332 e. The summed E-state index contributed by atoms with van der Waals surface area (Å²) in [6, 6.07) is 11.0. The number of hydrogen-bond donors (Lipinski definition) is 3. The molecule has 1 aliphatic rings. The first-order valence-electron chi connectivity index (χ1n) is 8.30. The molecule has 6 heteroatoms. The first-order valence-corrected chi connectivity index (χ1v) is 8.71. The highest BCUT2D eigenvalue weighted by molar-refractivity contribution is 7.71. The molecule has 1 aliphatic carbocycles. The van der Waals surface area contributed by atoms with Crippen molar-refractivity contribution >= 4 is 34.7 Å². The molecule has 126 valence electrons. The molecule has 0 atom stereocenters. The molecule has 0 bridgehead atoms. The molecule has 0 fully saturated rings. The average Bonchev–Trinajstić information content (AvgIpc) is 2.61. The van der Waals surface area contributed by atoms with Crippen LogP contribution < -0.4 is 10.9 Å². The van der Waals surface area contributed by atoms with E-state index in [9.17, 15) is 9.59 Å². The number of aromatic amines is 2. The van der Waals surface area contributed by atoms with E-state index >= 15 is 0 Å². The van der Waals surface area contributed by atoms with Gasteiger partial charge in [0, 0.05) is 11.3 Å². The Labute approximate surface area is 149 Å². The summed E-state index contributed by atoms with van der Waals surface area (Å²) in [5.74, 6) is -0.194. The third-order valence-corrected chi connectivity index (χ3v) is 4.85. The van der Waals surface area contributed by atoms with Crippen LogP contribution in [-0.4, -0.2) is 15.9 Å². The maximum absolute atomic E-state index is 12.7. The number of amides is 1. The number of rotatable bonds is 2. The molecule has 0 aliphatic heterocycles. The molecular formula is C19H17N3O2S. The minimum atomic E-state index is -0.261. The molecule has 1 heterocycles. The zero-order valence-corrected chi connectivity index (χ0v) is 14.3. The van der Waals surface area contributed by atoms with Crippen molar-refractivity contribution in [2.24, 2.45) is 0 Å². The number of aromatic nitrogens is 2. The van der Waals surface area contributed by atoms with Crippen LogP contribution in [0, 0.1) is 4.77 Å². The van der Waals surface area contributed by atoms with Gasteiger partial charge in [0.1, 0.15) is 0 Å². The van der Waals surface area contributed by atoms with Crippen molar-refractivity contribution in [2.45, 2.75) is 25.7 Å². The fraction of sp³-hybridized carbons (Fsp3) is 0.211. The molecule has 5 nitrogen and oxygen atoms in total. The van der Waals surface area contributed by atoms with Crippen LogP contribution in [0.3, 0.4) is 0 Å². The van der Waals surface area contributed by atoms with Gasteiger partial charge in [0.15, 0.2) is 4.77 Å². The topological polar surface area (TPSA) is 77.8 Å². The van der Waals surface area contributed by atoms with E-state index in [1.165, 1.54) is 17.5 Å². The minimum absolute atomic E-state index is 0.194. The Morgan fingerprint density at radius 3 is 2.80 bits per heavy atom. The van der Waals surface area contributed by atoms with Crippen LogP contribution in [-0.2, 0) is 12.8 Å². The molecule has 3 N–H and O–H groups in total. The highest BCUT2D eigenvalue weighted by Gasteiger charge is 2.15. The lowest BCUT2D eigenvalue weighted by molar-refractivity contribution is 0.102. The van der Waals surface area contributed by atoms with Crippen molar-refractivity contribution in [1.82, 2.24) is 9.97 Å². The highest BCUT2D eigenvalue weighted by atomic mass is 32.1. The maximum atomic E-state index is 12.7. The Bertz CT molecular complexity index is 1100. The van der Waals surface area contributed by atoms with Gasteiger partial charge in [-0.1, -0.05) is 12.1 Å². The van der Waals surface area contributed by atoms with Crippen molar-refractivity contribution in [3.05, 3.63) is 68.2 Å². The van der Waals surface area contributed by atoms with Gasteiger partial charge in [0.05, 0.1) is 10.9 Å². The lowest BCUT2D eigenvalue weighted by Crippen LogP contribution is -2.16. The number of fused-ring (bicyclic) bond motifs is 2. The van der Waals surface area contributed by atoms with Gasteiger partial charge in [-0.3, -0.25) is 14.6 Å². The molecule has 0 radical (unpaired) electrons. The molecule has 0 unspecified atom stereocenters. The maximum Gasteiger partial charge on any atom is 0.259 e. The third-order valence-electron chi connectivity index (χ3n) is 4.65. The van der Waals surface area contributed by atoms with Gasteiger partial charge in [-0.25, -0.2) is 0 Å². The molecule has 3 aromatic rings. The molecule has 2 aromatic carbocycles. The second-order valence-corrected chi connectivity index (χ2v) is 6.68. The van der Waals surface area contributed by atoms with Crippen LogP contribution in [0.25, 0.3) is 10.9 Å². The predicted octanol–water partition coefficient (Wildman–Crippen LogP) is 3.72. The molecule has 0 saturated carbocycles.